The van der Waals surface area contributed by atoms with Gasteiger partial charge in [0.05, 0.1) is 12.8 Å². The van der Waals surface area contributed by atoms with Gasteiger partial charge in [0.2, 0.25) is 0 Å². The molecule has 1 N–H and O–H groups in total. The highest BCUT2D eigenvalue weighted by Gasteiger charge is 2.39. The van der Waals surface area contributed by atoms with Crippen LogP contribution in [0.4, 0.5) is 0 Å². The van der Waals surface area contributed by atoms with E-state index in [1.54, 1.807) is 4.68 Å². The molecule has 5 heteroatoms. The van der Waals surface area contributed by atoms with Crippen LogP contribution in [0.1, 0.15) is 30.8 Å². The summed E-state index contributed by atoms with van der Waals surface area (Å²) < 4.78 is 6.34. The van der Waals surface area contributed by atoms with Crippen LogP contribution in [0.5, 0.6) is 0 Å². The van der Waals surface area contributed by atoms with Crippen molar-refractivity contribution in [1.82, 2.24) is 9.78 Å². The molecule has 0 radical (unpaired) electrons. The van der Waals surface area contributed by atoms with Gasteiger partial charge >= 0.3 is 5.97 Å². The molecular formula is C12H20N2O3. The highest BCUT2D eigenvalue weighted by molar-refractivity contribution is 5.76. The number of carbonyl (C=O) groups excluding carboxylic acids is 1. The van der Waals surface area contributed by atoms with Gasteiger partial charge in [0.15, 0.2) is 6.10 Å². The smallest absolute Gasteiger partial charge is 0.335 e. The predicted molar refractivity (Wildman–Crippen MR) is 63.7 cm³/mol. The van der Waals surface area contributed by atoms with Crippen LogP contribution in [-0.2, 0) is 22.0 Å². The molecule has 0 aliphatic heterocycles. The summed E-state index contributed by atoms with van der Waals surface area (Å²) in [6.07, 6.45) is -1.20. The van der Waals surface area contributed by atoms with Crippen molar-refractivity contribution in [3.8, 4) is 0 Å². The van der Waals surface area contributed by atoms with E-state index in [4.69, 9.17) is 0 Å². The zero-order valence-corrected chi connectivity index (χ0v) is 11.2. The Morgan fingerprint density at radius 3 is 2.35 bits per heavy atom. The van der Waals surface area contributed by atoms with E-state index >= 15 is 0 Å². The number of esters is 1. The summed E-state index contributed by atoms with van der Waals surface area (Å²) in [5, 5.41) is 14.3. The molecule has 1 rings (SSSR count). The van der Waals surface area contributed by atoms with Gasteiger partial charge in [-0.3, -0.25) is 4.68 Å². The van der Waals surface area contributed by atoms with Crippen molar-refractivity contribution in [1.29, 1.82) is 0 Å². The van der Waals surface area contributed by atoms with E-state index in [9.17, 15) is 9.90 Å². The van der Waals surface area contributed by atoms with Gasteiger partial charge < -0.3 is 9.84 Å². The minimum atomic E-state index is -1.20. The van der Waals surface area contributed by atoms with Gasteiger partial charge in [-0.25, -0.2) is 4.79 Å². The number of aliphatic hydroxyl groups is 1. The van der Waals surface area contributed by atoms with Crippen LogP contribution in [0, 0.1) is 13.8 Å². The zero-order valence-electron chi connectivity index (χ0n) is 11.2. The van der Waals surface area contributed by atoms with Gasteiger partial charge in [0.25, 0.3) is 0 Å². The van der Waals surface area contributed by atoms with Crippen LogP contribution < -0.4 is 0 Å². The Balaban J connectivity index is 3.25. The van der Waals surface area contributed by atoms with Crippen LogP contribution in [0.15, 0.2) is 0 Å². The molecule has 0 aliphatic carbocycles. The number of aliphatic hydroxyl groups excluding tert-OH is 1. The number of aryl methyl sites for hydroxylation is 2. The zero-order chi connectivity index (χ0) is 13.4. The van der Waals surface area contributed by atoms with E-state index in [1.165, 1.54) is 7.11 Å². The van der Waals surface area contributed by atoms with Crippen molar-refractivity contribution in [2.24, 2.45) is 7.05 Å². The summed E-state index contributed by atoms with van der Waals surface area (Å²) in [5.74, 6) is -0.627. The summed E-state index contributed by atoms with van der Waals surface area (Å²) in [7, 11) is 3.11. The molecule has 0 aromatic carbocycles. The fourth-order valence-electron chi connectivity index (χ4n) is 2.25. The van der Waals surface area contributed by atoms with E-state index in [0.717, 1.165) is 17.0 Å². The maximum atomic E-state index is 11.5. The second kappa shape index (κ2) is 4.49. The van der Waals surface area contributed by atoms with Gasteiger partial charge in [0, 0.05) is 23.7 Å². The van der Waals surface area contributed by atoms with Crippen molar-refractivity contribution >= 4 is 5.97 Å². The third-order valence-electron chi connectivity index (χ3n) is 3.26. The molecule has 0 spiro atoms. The molecule has 1 atom stereocenters. The second-order valence-electron chi connectivity index (χ2n) is 4.82. The predicted octanol–water partition coefficient (Wildman–Crippen LogP) is 0.848. The Morgan fingerprint density at radius 1 is 1.47 bits per heavy atom. The van der Waals surface area contributed by atoms with Crippen LogP contribution in [0.2, 0.25) is 0 Å². The van der Waals surface area contributed by atoms with Crippen molar-refractivity contribution in [3.05, 3.63) is 17.0 Å². The number of nitrogens with zero attached hydrogens (tertiary/aromatic N) is 2. The maximum Gasteiger partial charge on any atom is 0.335 e. The van der Waals surface area contributed by atoms with E-state index in [2.05, 4.69) is 9.84 Å². The average Bonchev–Trinajstić information content (AvgIpc) is 2.51. The highest BCUT2D eigenvalue weighted by atomic mass is 16.5. The minimum Gasteiger partial charge on any atom is -0.467 e. The molecule has 1 heterocycles. The Hall–Kier alpha value is -1.36. The number of rotatable bonds is 3. The van der Waals surface area contributed by atoms with Gasteiger partial charge in [-0.05, 0) is 13.8 Å². The number of hydrogen-bond acceptors (Lipinski definition) is 4. The van der Waals surface area contributed by atoms with Crippen LogP contribution >= 0.6 is 0 Å². The molecule has 1 unspecified atom stereocenters. The van der Waals surface area contributed by atoms with Gasteiger partial charge in [0.1, 0.15) is 0 Å². The number of carbonyl (C=O) groups is 1. The molecule has 0 aliphatic rings. The van der Waals surface area contributed by atoms with E-state index in [0.29, 0.717) is 0 Å². The normalized spacial score (nSPS) is 13.6. The third kappa shape index (κ3) is 2.20. The Labute approximate surface area is 101 Å². The molecule has 0 bridgehead atoms. The first-order valence-corrected chi connectivity index (χ1v) is 5.50. The van der Waals surface area contributed by atoms with E-state index in [1.807, 2.05) is 34.7 Å². The Kier molecular flexibility index (Phi) is 3.62. The Bertz CT molecular complexity index is 435. The van der Waals surface area contributed by atoms with E-state index in [-0.39, 0.29) is 0 Å². The summed E-state index contributed by atoms with van der Waals surface area (Å²) >= 11 is 0. The van der Waals surface area contributed by atoms with Gasteiger partial charge in [-0.1, -0.05) is 13.8 Å². The molecule has 1 aromatic heterocycles. The second-order valence-corrected chi connectivity index (χ2v) is 4.82. The first-order chi connectivity index (χ1) is 7.73. The molecule has 96 valence electrons. The molecule has 0 saturated carbocycles. The summed E-state index contributed by atoms with van der Waals surface area (Å²) in [5.41, 5.74) is 1.92. The Morgan fingerprint density at radius 2 is 2.00 bits per heavy atom. The van der Waals surface area contributed by atoms with Crippen LogP contribution in [-0.4, -0.2) is 34.1 Å². The average molecular weight is 240 g/mol. The number of ether oxygens (including phenoxy) is 1. The molecule has 0 saturated heterocycles. The number of aromatic nitrogens is 2. The topological polar surface area (TPSA) is 64.3 Å². The van der Waals surface area contributed by atoms with Crippen molar-refractivity contribution in [2.75, 3.05) is 7.11 Å². The molecular weight excluding hydrogens is 220 g/mol. The molecule has 0 fully saturated rings. The molecule has 1 aromatic rings. The fraction of sp³-hybridized carbons (Fsp3) is 0.667. The summed E-state index contributed by atoms with van der Waals surface area (Å²) in [6.45, 7) is 7.41. The highest BCUT2D eigenvalue weighted by Crippen LogP contribution is 2.32. The lowest BCUT2D eigenvalue weighted by Gasteiger charge is -2.29. The van der Waals surface area contributed by atoms with Crippen molar-refractivity contribution < 1.29 is 14.6 Å². The van der Waals surface area contributed by atoms with Crippen molar-refractivity contribution in [3.63, 3.8) is 0 Å². The third-order valence-corrected chi connectivity index (χ3v) is 3.26. The molecule has 5 nitrogen and oxygen atoms in total. The SMILES string of the molecule is COC(=O)C(O)C(C)(C)c1c(C)nn(C)c1C. The number of hydrogen-bond donors (Lipinski definition) is 1. The first kappa shape index (κ1) is 13.7. The van der Waals surface area contributed by atoms with Crippen LogP contribution in [0.25, 0.3) is 0 Å². The molecule has 0 amide bonds. The van der Waals surface area contributed by atoms with Gasteiger partial charge in [-0.2, -0.15) is 5.10 Å². The minimum absolute atomic E-state index is 0.627. The number of methoxy groups -OCH3 is 1. The lowest BCUT2D eigenvalue weighted by molar-refractivity contribution is -0.153. The quantitative estimate of drug-likeness (QED) is 0.795. The maximum absolute atomic E-state index is 11.5. The monoisotopic (exact) mass is 240 g/mol. The van der Waals surface area contributed by atoms with Gasteiger partial charge in [-0.15, -0.1) is 0 Å². The van der Waals surface area contributed by atoms with Crippen molar-refractivity contribution in [2.45, 2.75) is 39.2 Å². The lowest BCUT2D eigenvalue weighted by Crippen LogP contribution is -2.41. The molecule has 17 heavy (non-hydrogen) atoms. The first-order valence-electron chi connectivity index (χ1n) is 5.50. The lowest BCUT2D eigenvalue weighted by atomic mass is 9.78. The van der Waals surface area contributed by atoms with E-state index < -0.39 is 17.5 Å². The fourth-order valence-corrected chi connectivity index (χ4v) is 2.25. The standard InChI is InChI=1S/C12H20N2O3/c1-7-9(8(2)14(5)13-7)12(3,4)10(15)11(16)17-6/h10,15H,1-6H3. The van der Waals surface area contributed by atoms with Crippen LogP contribution in [0.3, 0.4) is 0 Å². The summed E-state index contributed by atoms with van der Waals surface area (Å²) in [4.78, 5) is 11.5. The largest absolute Gasteiger partial charge is 0.467 e. The summed E-state index contributed by atoms with van der Waals surface area (Å²) in [6, 6.07) is 0.